The highest BCUT2D eigenvalue weighted by Gasteiger charge is 2.28. The maximum atomic E-state index is 5.81. The molecule has 0 radical (unpaired) electrons. The number of nitrogens with two attached hydrogens (primary N) is 1. The predicted molar refractivity (Wildman–Crippen MR) is 135 cm³/mol. The minimum Gasteiger partial charge on any atom is -0.495 e. The van der Waals surface area contributed by atoms with E-state index in [9.17, 15) is 0 Å². The minimum absolute atomic E-state index is 0.0759. The fourth-order valence-electron chi connectivity index (χ4n) is 3.44. The maximum Gasteiger partial charge on any atom is 0.138 e. The van der Waals surface area contributed by atoms with E-state index in [4.69, 9.17) is 10.5 Å². The molecular formula is C27H41N3O. The van der Waals surface area contributed by atoms with Crippen LogP contribution in [0.3, 0.4) is 0 Å². The van der Waals surface area contributed by atoms with E-state index in [0.717, 1.165) is 42.0 Å². The van der Waals surface area contributed by atoms with E-state index in [1.54, 1.807) is 7.11 Å². The Kier molecular flexibility index (Phi) is 10.7. The number of rotatable bonds is 9. The van der Waals surface area contributed by atoms with Gasteiger partial charge in [-0.05, 0) is 56.0 Å². The van der Waals surface area contributed by atoms with E-state index in [1.165, 1.54) is 11.3 Å². The van der Waals surface area contributed by atoms with Crippen molar-refractivity contribution in [1.29, 1.82) is 0 Å². The highest BCUT2D eigenvalue weighted by atomic mass is 16.5. The standard InChI is InChI=1S/C14H22N2.C13H19NO/c1-4-7-14(16-11(3)5-2)12-8-6-9-13(15)10-12;1-6-10(2)13(3)8-7-11(14-4)12(9-13)15-5/h5-6,8-10,14,16H,4,7,15H2,1-3H3;6-7,9,14H,1-2,8H2,3-5H3/b11-5+;. The lowest BCUT2D eigenvalue weighted by Gasteiger charge is -2.31. The van der Waals surface area contributed by atoms with Crippen molar-refractivity contribution in [3.05, 3.63) is 90.0 Å². The number of likely N-dealkylation sites (N-methyl/N-ethyl adjacent to an activating group) is 1. The summed E-state index contributed by atoms with van der Waals surface area (Å²) in [6.45, 7) is 16.3. The van der Waals surface area contributed by atoms with Gasteiger partial charge >= 0.3 is 0 Å². The average Bonchev–Trinajstić information content (AvgIpc) is 2.78. The van der Waals surface area contributed by atoms with Gasteiger partial charge in [-0.2, -0.15) is 0 Å². The summed E-state index contributed by atoms with van der Waals surface area (Å²) in [6.07, 6.45) is 11.3. The summed E-state index contributed by atoms with van der Waals surface area (Å²) < 4.78 is 5.34. The van der Waals surface area contributed by atoms with E-state index in [0.29, 0.717) is 6.04 Å². The molecule has 0 saturated heterocycles. The number of anilines is 1. The fraction of sp³-hybridized carbons (Fsp3) is 0.407. The first-order valence-electron chi connectivity index (χ1n) is 11.0. The van der Waals surface area contributed by atoms with Gasteiger partial charge in [0, 0.05) is 23.8 Å². The van der Waals surface area contributed by atoms with Gasteiger partial charge < -0.3 is 21.1 Å². The largest absolute Gasteiger partial charge is 0.495 e. The zero-order chi connectivity index (χ0) is 23.4. The topological polar surface area (TPSA) is 59.3 Å². The third-order valence-corrected chi connectivity index (χ3v) is 5.64. The molecule has 4 N–H and O–H groups in total. The first-order chi connectivity index (χ1) is 14.7. The maximum absolute atomic E-state index is 5.81. The Morgan fingerprint density at radius 2 is 2.10 bits per heavy atom. The SMILES string of the molecule is C/C=C(\C)NC(CCC)c1cccc(N)c1.C=CC(=C)C1(C)C=C(OC)C(NC)=CC1. The monoisotopic (exact) mass is 423 g/mol. The summed E-state index contributed by atoms with van der Waals surface area (Å²) in [5.74, 6) is 0.870. The first-order valence-corrected chi connectivity index (χ1v) is 11.0. The third kappa shape index (κ3) is 7.71. The lowest BCUT2D eigenvalue weighted by atomic mass is 9.76. The zero-order valence-corrected chi connectivity index (χ0v) is 20.2. The number of hydrogen-bond donors (Lipinski definition) is 3. The van der Waals surface area contributed by atoms with E-state index >= 15 is 0 Å². The molecule has 1 aromatic carbocycles. The molecule has 0 heterocycles. The molecule has 0 aliphatic heterocycles. The van der Waals surface area contributed by atoms with E-state index in [-0.39, 0.29) is 5.41 Å². The lowest BCUT2D eigenvalue weighted by Crippen LogP contribution is -2.22. The van der Waals surface area contributed by atoms with Gasteiger partial charge in [0.05, 0.1) is 18.8 Å². The molecule has 1 aliphatic rings. The van der Waals surface area contributed by atoms with Crippen LogP contribution in [-0.4, -0.2) is 14.2 Å². The molecule has 0 spiro atoms. The van der Waals surface area contributed by atoms with Crippen molar-refractivity contribution in [3.63, 3.8) is 0 Å². The van der Waals surface area contributed by atoms with Crippen molar-refractivity contribution in [2.75, 3.05) is 19.9 Å². The van der Waals surface area contributed by atoms with E-state index < -0.39 is 0 Å². The molecular weight excluding hydrogens is 382 g/mol. The number of allylic oxidation sites excluding steroid dienone is 6. The van der Waals surface area contributed by atoms with Crippen molar-refractivity contribution >= 4 is 5.69 Å². The Balaban J connectivity index is 0.000000311. The number of nitrogen functional groups attached to an aromatic ring is 1. The lowest BCUT2D eigenvalue weighted by molar-refractivity contribution is 0.283. The quantitative estimate of drug-likeness (QED) is 0.318. The van der Waals surface area contributed by atoms with Gasteiger partial charge in [-0.15, -0.1) is 0 Å². The molecule has 1 aliphatic carbocycles. The van der Waals surface area contributed by atoms with Crippen molar-refractivity contribution in [1.82, 2.24) is 10.6 Å². The van der Waals surface area contributed by atoms with E-state index in [2.05, 4.69) is 74.9 Å². The second-order valence-corrected chi connectivity index (χ2v) is 8.06. The van der Waals surface area contributed by atoms with E-state index in [1.807, 2.05) is 32.2 Å². The summed E-state index contributed by atoms with van der Waals surface area (Å²) in [5, 5.41) is 6.63. The minimum atomic E-state index is -0.0759. The summed E-state index contributed by atoms with van der Waals surface area (Å²) in [6, 6.07) is 8.49. The molecule has 2 rings (SSSR count). The zero-order valence-electron chi connectivity index (χ0n) is 20.2. The molecule has 31 heavy (non-hydrogen) atoms. The van der Waals surface area contributed by atoms with Crippen molar-refractivity contribution in [2.45, 2.75) is 53.0 Å². The Morgan fingerprint density at radius 3 is 2.61 bits per heavy atom. The number of methoxy groups -OCH3 is 1. The first kappa shape index (κ1) is 26.2. The van der Waals surface area contributed by atoms with Gasteiger partial charge in [0.25, 0.3) is 0 Å². The second-order valence-electron chi connectivity index (χ2n) is 8.06. The summed E-state index contributed by atoms with van der Waals surface area (Å²) >= 11 is 0. The van der Waals surface area contributed by atoms with Gasteiger partial charge in [-0.1, -0.05) is 63.8 Å². The van der Waals surface area contributed by atoms with Crippen LogP contribution in [0.15, 0.2) is 84.5 Å². The van der Waals surface area contributed by atoms with Crippen LogP contribution in [0.2, 0.25) is 0 Å². The highest BCUT2D eigenvalue weighted by molar-refractivity contribution is 5.42. The van der Waals surface area contributed by atoms with Crippen molar-refractivity contribution in [3.8, 4) is 0 Å². The van der Waals surface area contributed by atoms with Gasteiger partial charge in [0.1, 0.15) is 5.76 Å². The number of ether oxygens (including phenoxy) is 1. The molecule has 0 amide bonds. The average molecular weight is 424 g/mol. The normalized spacial score (nSPS) is 19.1. The summed E-state index contributed by atoms with van der Waals surface area (Å²) in [7, 11) is 3.57. The van der Waals surface area contributed by atoms with Crippen LogP contribution in [0.1, 0.15) is 58.6 Å². The highest BCUT2D eigenvalue weighted by Crippen LogP contribution is 2.38. The Morgan fingerprint density at radius 1 is 1.39 bits per heavy atom. The number of nitrogens with one attached hydrogen (secondary N) is 2. The van der Waals surface area contributed by atoms with Crippen LogP contribution in [0.25, 0.3) is 0 Å². The number of hydrogen-bond acceptors (Lipinski definition) is 4. The predicted octanol–water partition coefficient (Wildman–Crippen LogP) is 6.40. The van der Waals surface area contributed by atoms with Crippen LogP contribution in [-0.2, 0) is 4.74 Å². The van der Waals surface area contributed by atoms with Crippen LogP contribution in [0, 0.1) is 5.41 Å². The molecule has 0 saturated carbocycles. The number of benzene rings is 1. The molecule has 0 fully saturated rings. The van der Waals surface area contributed by atoms with Crippen LogP contribution in [0.5, 0.6) is 0 Å². The molecule has 4 nitrogen and oxygen atoms in total. The molecule has 2 unspecified atom stereocenters. The Bertz CT molecular complexity index is 835. The van der Waals surface area contributed by atoms with Crippen molar-refractivity contribution < 1.29 is 4.74 Å². The molecule has 4 heteroatoms. The van der Waals surface area contributed by atoms with Crippen molar-refractivity contribution in [2.24, 2.45) is 5.41 Å². The van der Waals surface area contributed by atoms with Crippen LogP contribution < -0.4 is 16.4 Å². The molecule has 2 atom stereocenters. The molecule has 1 aromatic rings. The molecule has 0 bridgehead atoms. The molecule has 0 aromatic heterocycles. The van der Waals surface area contributed by atoms with Gasteiger partial charge in [-0.25, -0.2) is 0 Å². The Hall–Kier alpha value is -2.88. The smallest absolute Gasteiger partial charge is 0.138 e. The van der Waals surface area contributed by atoms with Gasteiger partial charge in [-0.3, -0.25) is 0 Å². The second kappa shape index (κ2) is 12.7. The van der Waals surface area contributed by atoms with Crippen LogP contribution >= 0.6 is 0 Å². The van der Waals surface area contributed by atoms with Crippen LogP contribution in [0.4, 0.5) is 5.69 Å². The van der Waals surface area contributed by atoms with Gasteiger partial charge in [0.15, 0.2) is 0 Å². The fourth-order valence-corrected chi connectivity index (χ4v) is 3.44. The molecule has 170 valence electrons. The summed E-state index contributed by atoms with van der Waals surface area (Å²) in [5.41, 5.74) is 11.1. The Labute approximate surface area is 189 Å². The third-order valence-electron chi connectivity index (χ3n) is 5.64. The summed E-state index contributed by atoms with van der Waals surface area (Å²) in [4.78, 5) is 0. The van der Waals surface area contributed by atoms with Gasteiger partial charge in [0.2, 0.25) is 0 Å².